The molecule has 10 nitrogen and oxygen atoms in total. The zero-order chi connectivity index (χ0) is 14.3. The first kappa shape index (κ1) is 14.9. The van der Waals surface area contributed by atoms with Gasteiger partial charge >= 0.3 is 11.8 Å². The van der Waals surface area contributed by atoms with Crippen molar-refractivity contribution in [1.29, 1.82) is 0 Å². The monoisotopic (exact) mass is 273 g/mol. The molecule has 0 bridgehead atoms. The Morgan fingerprint density at radius 2 is 2.47 bits per heavy atom. The average Bonchev–Trinajstić information content (AvgIpc) is 2.76. The van der Waals surface area contributed by atoms with Crippen LogP contribution in [0.15, 0.2) is 12.4 Å². The highest BCUT2D eigenvalue weighted by Gasteiger charge is 2.11. The van der Waals surface area contributed by atoms with Crippen LogP contribution in [0.4, 0.5) is 10.5 Å². The Labute approximate surface area is 108 Å². The Morgan fingerprint density at radius 1 is 1.74 bits per heavy atom. The number of rotatable bonds is 8. The van der Waals surface area contributed by atoms with Crippen LogP contribution < -0.4 is 11.1 Å². The van der Waals surface area contributed by atoms with Crippen LogP contribution in [0.5, 0.6) is 0 Å². The molecule has 1 aromatic rings. The number of carbonyl (C=O) groups is 1. The highest BCUT2D eigenvalue weighted by atomic mass is 16.6. The van der Waals surface area contributed by atoms with Crippen molar-refractivity contribution in [1.82, 2.24) is 15.1 Å². The molecule has 1 unspecified atom stereocenters. The summed E-state index contributed by atoms with van der Waals surface area (Å²) in [5, 5.41) is 26.6. The minimum atomic E-state index is -0.855. The third-order valence-corrected chi connectivity index (χ3v) is 2.13. The van der Waals surface area contributed by atoms with Gasteiger partial charge in [-0.25, -0.2) is 4.79 Å². The summed E-state index contributed by atoms with van der Waals surface area (Å²) in [4.78, 5) is 20.1. The van der Waals surface area contributed by atoms with Crippen molar-refractivity contribution < 1.29 is 19.6 Å². The van der Waals surface area contributed by atoms with Gasteiger partial charge in [-0.2, -0.15) is 5.10 Å². The van der Waals surface area contributed by atoms with Gasteiger partial charge in [0.2, 0.25) is 0 Å². The van der Waals surface area contributed by atoms with Crippen LogP contribution in [0.25, 0.3) is 0 Å². The van der Waals surface area contributed by atoms with Gasteiger partial charge in [-0.15, -0.1) is 0 Å². The molecule has 0 fully saturated rings. The minimum Gasteiger partial charge on any atom is -0.448 e. The molecule has 0 radical (unpaired) electrons. The lowest BCUT2D eigenvalue weighted by molar-refractivity contribution is -0.385. The number of carbonyl (C=O) groups excluding carboxylic acids is 1. The molecule has 0 aliphatic rings. The zero-order valence-corrected chi connectivity index (χ0v) is 10.1. The number of hydrogen-bond donors (Lipinski definition) is 3. The second-order valence-corrected chi connectivity index (χ2v) is 3.70. The Bertz CT molecular complexity index is 434. The van der Waals surface area contributed by atoms with Gasteiger partial charge in [0.25, 0.3) is 0 Å². The maximum Gasteiger partial charge on any atom is 0.404 e. The smallest absolute Gasteiger partial charge is 0.404 e. The van der Waals surface area contributed by atoms with E-state index in [0.29, 0.717) is 6.54 Å². The highest BCUT2D eigenvalue weighted by Crippen LogP contribution is 2.07. The predicted octanol–water partition coefficient (Wildman–Crippen LogP) is -1.16. The summed E-state index contributed by atoms with van der Waals surface area (Å²) in [5.74, 6) is 0. The fraction of sp³-hybridized carbons (Fsp3) is 0.556. The first-order valence-electron chi connectivity index (χ1n) is 5.47. The first-order valence-corrected chi connectivity index (χ1v) is 5.47. The SMILES string of the molecule is NC(=O)OCCNCC(O)Cn1cc([N+](=O)[O-])cn1. The van der Waals surface area contributed by atoms with Gasteiger partial charge in [0.1, 0.15) is 19.0 Å². The number of hydrogen-bond acceptors (Lipinski definition) is 7. The minimum absolute atomic E-state index is 0.106. The molecule has 106 valence electrons. The molecule has 1 heterocycles. The van der Waals surface area contributed by atoms with Crippen LogP contribution in [-0.2, 0) is 11.3 Å². The number of nitrogens with two attached hydrogens (primary N) is 1. The maximum atomic E-state index is 10.4. The standard InChI is InChI=1S/C9H15N5O5/c10-9(16)19-2-1-11-4-8(15)6-13-5-7(3-12-13)14(17)18/h3,5,8,11,15H,1-2,4,6H2,(H2,10,16). The summed E-state index contributed by atoms with van der Waals surface area (Å²) in [6.07, 6.45) is 0.722. The van der Waals surface area contributed by atoms with Crippen molar-refractivity contribution in [2.45, 2.75) is 12.6 Å². The van der Waals surface area contributed by atoms with Crippen LogP contribution in [-0.4, -0.2) is 51.7 Å². The fourth-order valence-corrected chi connectivity index (χ4v) is 1.32. The maximum absolute atomic E-state index is 10.4. The van der Waals surface area contributed by atoms with Crippen LogP contribution in [0.1, 0.15) is 0 Å². The number of aromatic nitrogens is 2. The van der Waals surface area contributed by atoms with Gasteiger partial charge in [-0.05, 0) is 0 Å². The predicted molar refractivity (Wildman–Crippen MR) is 63.3 cm³/mol. The van der Waals surface area contributed by atoms with Crippen LogP contribution in [0.3, 0.4) is 0 Å². The number of aliphatic hydroxyl groups is 1. The molecule has 0 spiro atoms. The molecular weight excluding hydrogens is 258 g/mol. The van der Waals surface area contributed by atoms with Crippen LogP contribution >= 0.6 is 0 Å². The average molecular weight is 273 g/mol. The lowest BCUT2D eigenvalue weighted by Gasteiger charge is -2.11. The second-order valence-electron chi connectivity index (χ2n) is 3.70. The third kappa shape index (κ3) is 5.79. The molecule has 1 atom stereocenters. The number of ether oxygens (including phenoxy) is 1. The number of nitrogens with zero attached hydrogens (tertiary/aromatic N) is 3. The third-order valence-electron chi connectivity index (χ3n) is 2.13. The number of amides is 1. The Balaban J connectivity index is 2.21. The summed E-state index contributed by atoms with van der Waals surface area (Å²) in [5.41, 5.74) is 4.63. The van der Waals surface area contributed by atoms with E-state index in [0.717, 1.165) is 6.20 Å². The molecule has 4 N–H and O–H groups in total. The fourth-order valence-electron chi connectivity index (χ4n) is 1.32. The largest absolute Gasteiger partial charge is 0.448 e. The van der Waals surface area contributed by atoms with Gasteiger partial charge in [0.15, 0.2) is 0 Å². The molecule has 0 aliphatic heterocycles. The summed E-state index contributed by atoms with van der Waals surface area (Å²) < 4.78 is 5.76. The molecule has 0 saturated carbocycles. The van der Waals surface area contributed by atoms with Crippen molar-refractivity contribution in [3.63, 3.8) is 0 Å². The van der Waals surface area contributed by atoms with E-state index in [1.165, 1.54) is 10.9 Å². The van der Waals surface area contributed by atoms with Crippen molar-refractivity contribution in [3.8, 4) is 0 Å². The molecule has 10 heteroatoms. The second kappa shape index (κ2) is 7.28. The number of aliphatic hydroxyl groups excluding tert-OH is 1. The van der Waals surface area contributed by atoms with E-state index < -0.39 is 17.1 Å². The Hall–Kier alpha value is -2.20. The van der Waals surface area contributed by atoms with Crippen molar-refractivity contribution >= 4 is 11.8 Å². The normalized spacial score (nSPS) is 12.1. The highest BCUT2D eigenvalue weighted by molar-refractivity contribution is 5.64. The van der Waals surface area contributed by atoms with Gasteiger partial charge < -0.3 is 20.9 Å². The van der Waals surface area contributed by atoms with Gasteiger partial charge in [0.05, 0.1) is 17.6 Å². The van der Waals surface area contributed by atoms with Gasteiger partial charge in [0, 0.05) is 13.1 Å². The topological polar surface area (TPSA) is 146 Å². The van der Waals surface area contributed by atoms with E-state index in [4.69, 9.17) is 5.73 Å². The molecule has 0 saturated heterocycles. The summed E-state index contributed by atoms with van der Waals surface area (Å²) in [6.45, 7) is 0.807. The van der Waals surface area contributed by atoms with Crippen LogP contribution in [0.2, 0.25) is 0 Å². The van der Waals surface area contributed by atoms with E-state index in [1.54, 1.807) is 0 Å². The van der Waals surface area contributed by atoms with E-state index >= 15 is 0 Å². The number of nitro groups is 1. The summed E-state index contributed by atoms with van der Waals surface area (Å²) in [6, 6.07) is 0. The quantitative estimate of drug-likeness (QED) is 0.307. The molecular formula is C9H15N5O5. The summed E-state index contributed by atoms with van der Waals surface area (Å²) >= 11 is 0. The number of primary amides is 1. The lowest BCUT2D eigenvalue weighted by atomic mass is 10.3. The summed E-state index contributed by atoms with van der Waals surface area (Å²) in [7, 11) is 0. The molecule has 1 aromatic heterocycles. The van der Waals surface area contributed by atoms with Crippen molar-refractivity contribution in [2.24, 2.45) is 5.73 Å². The van der Waals surface area contributed by atoms with Crippen LogP contribution in [0, 0.1) is 10.1 Å². The van der Waals surface area contributed by atoms with Crippen molar-refractivity contribution in [2.75, 3.05) is 19.7 Å². The zero-order valence-electron chi connectivity index (χ0n) is 10.1. The van der Waals surface area contributed by atoms with Gasteiger partial charge in [-0.3, -0.25) is 14.8 Å². The number of nitrogens with one attached hydrogen (secondary N) is 1. The lowest BCUT2D eigenvalue weighted by Crippen LogP contribution is -2.33. The molecule has 19 heavy (non-hydrogen) atoms. The van der Waals surface area contributed by atoms with E-state index in [1.807, 2.05) is 0 Å². The molecule has 1 amide bonds. The van der Waals surface area contributed by atoms with E-state index in [9.17, 15) is 20.0 Å². The first-order chi connectivity index (χ1) is 8.99. The van der Waals surface area contributed by atoms with E-state index in [2.05, 4.69) is 15.2 Å². The molecule has 0 aliphatic carbocycles. The van der Waals surface area contributed by atoms with E-state index in [-0.39, 0.29) is 25.4 Å². The molecule has 0 aromatic carbocycles. The van der Waals surface area contributed by atoms with Crippen molar-refractivity contribution in [3.05, 3.63) is 22.5 Å². The Morgan fingerprint density at radius 3 is 3.05 bits per heavy atom. The molecule has 1 rings (SSSR count). The van der Waals surface area contributed by atoms with Gasteiger partial charge in [-0.1, -0.05) is 0 Å². The Kier molecular flexibility index (Phi) is 5.70.